The van der Waals surface area contributed by atoms with Gasteiger partial charge in [0.2, 0.25) is 0 Å². The Morgan fingerprint density at radius 1 is 1.08 bits per heavy atom. The second-order valence-corrected chi connectivity index (χ2v) is 4.67. The minimum Gasteiger partial charge on any atom is -0.242 e. The van der Waals surface area contributed by atoms with E-state index in [-0.39, 0.29) is 0 Å². The molecule has 0 N–H and O–H groups in total. The highest BCUT2D eigenvalue weighted by Gasteiger charge is 2.07. The van der Waals surface area contributed by atoms with E-state index in [9.17, 15) is 0 Å². The average molecular weight is 179 g/mol. The summed E-state index contributed by atoms with van der Waals surface area (Å²) < 4.78 is 1.43. The van der Waals surface area contributed by atoms with Gasteiger partial charge in [-0.15, -0.1) is 11.3 Å². The fourth-order valence-electron chi connectivity index (χ4n) is 1.61. The van der Waals surface area contributed by atoms with Crippen LogP contribution in [0.3, 0.4) is 0 Å². The normalized spacial score (nSPS) is 16.6. The summed E-state index contributed by atoms with van der Waals surface area (Å²) in [6.45, 7) is 6.51. The van der Waals surface area contributed by atoms with Crippen LogP contribution in [0.1, 0.15) is 31.7 Å². The van der Waals surface area contributed by atoms with E-state index >= 15 is 0 Å². The quantitative estimate of drug-likeness (QED) is 0.589. The number of nitrogens with zero attached hydrogens (tertiary/aromatic N) is 1. The van der Waals surface area contributed by atoms with Crippen molar-refractivity contribution < 1.29 is 0 Å². The van der Waals surface area contributed by atoms with Gasteiger partial charge < -0.3 is 0 Å². The molecule has 0 amide bonds. The average Bonchev–Trinajstić information content (AvgIpc) is 2.41. The molecule has 12 heavy (non-hydrogen) atoms. The highest BCUT2D eigenvalue weighted by Crippen LogP contribution is 2.14. The van der Waals surface area contributed by atoms with Gasteiger partial charge in [-0.25, -0.2) is 4.98 Å². The van der Waals surface area contributed by atoms with Crippen LogP contribution < -0.4 is 9.88 Å². The van der Waals surface area contributed by atoms with Crippen molar-refractivity contribution >= 4 is 22.5 Å². The molecular weight excluding hydrogens is 166 g/mol. The number of hydrogen-bond donors (Lipinski definition) is 0. The van der Waals surface area contributed by atoms with E-state index in [2.05, 4.69) is 25.8 Å². The minimum atomic E-state index is 1.20. The molecule has 64 valence electrons. The van der Waals surface area contributed by atoms with Gasteiger partial charge in [0.25, 0.3) is 0 Å². The number of aromatic nitrogens is 1. The summed E-state index contributed by atoms with van der Waals surface area (Å²) in [5.41, 5.74) is 2.97. The van der Waals surface area contributed by atoms with E-state index in [1.165, 1.54) is 38.9 Å². The van der Waals surface area contributed by atoms with Gasteiger partial charge in [-0.05, 0) is 39.2 Å². The Kier molecular flexibility index (Phi) is 1.80. The fraction of sp³-hybridized carbons (Fsp3) is 0.500. The molecule has 2 heteroatoms. The lowest BCUT2D eigenvalue weighted by Gasteiger charge is -2.05. The molecule has 0 fully saturated rings. The van der Waals surface area contributed by atoms with Crippen molar-refractivity contribution in [1.29, 1.82) is 0 Å². The largest absolute Gasteiger partial charge is 0.242 e. The number of thiazole rings is 1. The SMILES string of the molecule is CC1=c2nc(C)sc2=C(C)CC1. The van der Waals surface area contributed by atoms with Gasteiger partial charge in [0, 0.05) is 0 Å². The first kappa shape index (κ1) is 7.99. The Balaban J connectivity index is 2.93. The topological polar surface area (TPSA) is 12.9 Å². The summed E-state index contributed by atoms with van der Waals surface area (Å²) in [6, 6.07) is 0. The van der Waals surface area contributed by atoms with E-state index in [1.54, 1.807) is 0 Å². The molecule has 0 atom stereocenters. The maximum absolute atomic E-state index is 4.54. The van der Waals surface area contributed by atoms with Crippen molar-refractivity contribution in [2.24, 2.45) is 0 Å². The maximum Gasteiger partial charge on any atom is 0.0907 e. The Morgan fingerprint density at radius 3 is 2.42 bits per heavy atom. The van der Waals surface area contributed by atoms with E-state index in [1.807, 2.05) is 11.3 Å². The summed E-state index contributed by atoms with van der Waals surface area (Å²) in [6.07, 6.45) is 2.42. The molecule has 0 spiro atoms. The van der Waals surface area contributed by atoms with E-state index in [0.29, 0.717) is 0 Å². The Morgan fingerprint density at radius 2 is 1.75 bits per heavy atom. The lowest BCUT2D eigenvalue weighted by atomic mass is 10.0. The van der Waals surface area contributed by atoms with Crippen molar-refractivity contribution in [3.8, 4) is 0 Å². The van der Waals surface area contributed by atoms with Crippen LogP contribution in [-0.4, -0.2) is 4.98 Å². The summed E-state index contributed by atoms with van der Waals surface area (Å²) in [5.74, 6) is 0. The molecule has 1 aliphatic rings. The molecule has 2 rings (SSSR count). The van der Waals surface area contributed by atoms with Gasteiger partial charge in [-0.1, -0.05) is 5.57 Å². The van der Waals surface area contributed by atoms with Gasteiger partial charge in [0.15, 0.2) is 0 Å². The summed E-state index contributed by atoms with van der Waals surface area (Å²) in [7, 11) is 0. The third-order valence-electron chi connectivity index (χ3n) is 2.40. The maximum atomic E-state index is 4.54. The van der Waals surface area contributed by atoms with Crippen molar-refractivity contribution in [3.05, 3.63) is 14.9 Å². The van der Waals surface area contributed by atoms with E-state index < -0.39 is 0 Å². The molecule has 0 bridgehead atoms. The lowest BCUT2D eigenvalue weighted by Crippen LogP contribution is -2.28. The first-order valence-electron chi connectivity index (χ1n) is 4.31. The van der Waals surface area contributed by atoms with Crippen LogP contribution in [0.15, 0.2) is 0 Å². The molecule has 0 aromatic carbocycles. The molecule has 1 heterocycles. The number of aryl methyl sites for hydroxylation is 1. The van der Waals surface area contributed by atoms with E-state index in [4.69, 9.17) is 0 Å². The van der Waals surface area contributed by atoms with Gasteiger partial charge in [-0.2, -0.15) is 0 Å². The fourth-order valence-corrected chi connectivity index (χ4v) is 2.64. The van der Waals surface area contributed by atoms with Crippen LogP contribution in [-0.2, 0) is 0 Å². The van der Waals surface area contributed by atoms with Crippen molar-refractivity contribution in [2.45, 2.75) is 33.6 Å². The third kappa shape index (κ3) is 1.11. The van der Waals surface area contributed by atoms with Crippen LogP contribution in [0.5, 0.6) is 0 Å². The predicted octanol–water partition coefficient (Wildman–Crippen LogP) is 1.59. The molecule has 0 radical (unpaired) electrons. The van der Waals surface area contributed by atoms with Crippen LogP contribution in [0.4, 0.5) is 0 Å². The zero-order chi connectivity index (χ0) is 8.72. The Hall–Kier alpha value is -0.630. The molecule has 0 saturated carbocycles. The van der Waals surface area contributed by atoms with Crippen LogP contribution in [0, 0.1) is 6.92 Å². The molecule has 0 saturated heterocycles. The standard InChI is InChI=1S/C10H13NS/c1-6-4-5-7(2)10-9(6)11-8(3)12-10/h4-5H2,1-3H3. The zero-order valence-electron chi connectivity index (χ0n) is 7.77. The van der Waals surface area contributed by atoms with Crippen LogP contribution in [0.25, 0.3) is 11.1 Å². The van der Waals surface area contributed by atoms with Crippen LogP contribution >= 0.6 is 11.3 Å². The highest BCUT2D eigenvalue weighted by molar-refractivity contribution is 7.09. The monoisotopic (exact) mass is 179 g/mol. The van der Waals surface area contributed by atoms with E-state index in [0.717, 1.165) is 0 Å². The molecule has 1 nitrogen and oxygen atoms in total. The smallest absolute Gasteiger partial charge is 0.0907 e. The first-order chi connectivity index (χ1) is 5.68. The second-order valence-electron chi connectivity index (χ2n) is 3.47. The molecule has 1 aromatic heterocycles. The molecule has 0 aliphatic heterocycles. The number of rotatable bonds is 0. The van der Waals surface area contributed by atoms with Gasteiger partial charge in [-0.3, -0.25) is 0 Å². The number of hydrogen-bond acceptors (Lipinski definition) is 2. The second kappa shape index (κ2) is 2.70. The first-order valence-corrected chi connectivity index (χ1v) is 5.13. The highest BCUT2D eigenvalue weighted by atomic mass is 32.1. The van der Waals surface area contributed by atoms with Crippen LogP contribution in [0.2, 0.25) is 0 Å². The minimum absolute atomic E-state index is 1.20. The van der Waals surface area contributed by atoms with Crippen molar-refractivity contribution in [1.82, 2.24) is 4.98 Å². The zero-order valence-corrected chi connectivity index (χ0v) is 8.59. The number of fused-ring (bicyclic) bond motifs is 1. The van der Waals surface area contributed by atoms with Gasteiger partial charge in [0.1, 0.15) is 0 Å². The third-order valence-corrected chi connectivity index (χ3v) is 3.53. The Labute approximate surface area is 76.5 Å². The summed E-state index contributed by atoms with van der Waals surface area (Å²) in [4.78, 5) is 4.54. The lowest BCUT2D eigenvalue weighted by molar-refractivity contribution is 1.01. The Bertz CT molecular complexity index is 386. The summed E-state index contributed by atoms with van der Waals surface area (Å²) >= 11 is 1.83. The predicted molar refractivity (Wildman–Crippen MR) is 53.5 cm³/mol. The van der Waals surface area contributed by atoms with Crippen molar-refractivity contribution in [3.63, 3.8) is 0 Å². The molecule has 1 aliphatic carbocycles. The molecular formula is C10H13NS. The molecule has 0 unspecified atom stereocenters. The van der Waals surface area contributed by atoms with Crippen molar-refractivity contribution in [2.75, 3.05) is 0 Å². The van der Waals surface area contributed by atoms with Gasteiger partial charge >= 0.3 is 0 Å². The summed E-state index contributed by atoms with van der Waals surface area (Å²) in [5, 5.41) is 2.46. The molecule has 1 aromatic rings. The van der Waals surface area contributed by atoms with Gasteiger partial charge in [0.05, 0.1) is 14.9 Å².